The van der Waals surface area contributed by atoms with Gasteiger partial charge in [0.15, 0.2) is 11.8 Å². The van der Waals surface area contributed by atoms with Crippen molar-refractivity contribution in [3.63, 3.8) is 0 Å². The second kappa shape index (κ2) is 8.43. The van der Waals surface area contributed by atoms with E-state index in [9.17, 15) is 19.8 Å². The Morgan fingerprint density at radius 3 is 2.56 bits per heavy atom. The number of anilines is 1. The molecule has 1 aliphatic heterocycles. The van der Waals surface area contributed by atoms with E-state index in [1.54, 1.807) is 30.3 Å². The van der Waals surface area contributed by atoms with E-state index in [0.717, 1.165) is 11.1 Å². The molecule has 1 aliphatic rings. The number of rotatable bonds is 5. The van der Waals surface area contributed by atoms with Gasteiger partial charge in [-0.15, -0.1) is 0 Å². The third-order valence-corrected chi connectivity index (χ3v) is 5.25. The topological polar surface area (TPSA) is 115 Å². The number of amides is 1. The number of aryl methyl sites for hydroxylation is 2. The highest BCUT2D eigenvalue weighted by Gasteiger charge is 2.30. The lowest BCUT2D eigenvalue weighted by Gasteiger charge is -2.14. The third kappa shape index (κ3) is 3.98. The fraction of sp³-hybridized carbons (Fsp3) is 0.125. The molecular formula is C24H20N4O4. The lowest BCUT2D eigenvalue weighted by Crippen LogP contribution is -2.28. The zero-order chi connectivity index (χ0) is 22.8. The van der Waals surface area contributed by atoms with Crippen LogP contribution in [0.15, 0.2) is 76.0 Å². The molecule has 0 saturated heterocycles. The number of carboxylic acids is 1. The number of nitrogens with zero attached hydrogens (tertiary/aromatic N) is 4. The van der Waals surface area contributed by atoms with Crippen molar-refractivity contribution >= 4 is 29.5 Å². The normalized spacial score (nSPS) is 15.6. The summed E-state index contributed by atoms with van der Waals surface area (Å²) in [5, 5.41) is 33.4. The maximum absolute atomic E-state index is 12.7. The molecule has 1 unspecified atom stereocenters. The molecule has 3 aromatic rings. The molecule has 0 radical (unpaired) electrons. The minimum Gasteiger partial charge on any atom is -0.505 e. The molecule has 4 rings (SSSR count). The van der Waals surface area contributed by atoms with E-state index in [4.69, 9.17) is 0 Å². The quantitative estimate of drug-likeness (QED) is 0.565. The standard InChI is InChI=1S/C24H20N4O4/c1-14-9-10-18(11-15(14)2)28-23(30)21(13-25-28)27-26-20-8-4-7-19(22(20)29)16-5-3-6-17(12-16)24(31)32/h3-13,21,29H,1-2H3,(H,31,32). The van der Waals surface area contributed by atoms with E-state index in [1.165, 1.54) is 23.4 Å². The predicted octanol–water partition coefficient (Wildman–Crippen LogP) is 4.86. The third-order valence-electron chi connectivity index (χ3n) is 5.25. The average Bonchev–Trinajstić information content (AvgIpc) is 3.15. The average molecular weight is 428 g/mol. The number of aromatic carboxylic acids is 1. The van der Waals surface area contributed by atoms with Crippen molar-refractivity contribution in [3.05, 3.63) is 77.4 Å². The van der Waals surface area contributed by atoms with Crippen molar-refractivity contribution in [2.45, 2.75) is 19.9 Å². The van der Waals surface area contributed by atoms with Gasteiger partial charge in [-0.2, -0.15) is 20.3 Å². The number of carbonyl (C=O) groups is 2. The van der Waals surface area contributed by atoms with Crippen molar-refractivity contribution in [3.8, 4) is 16.9 Å². The number of phenols is 1. The van der Waals surface area contributed by atoms with E-state index in [2.05, 4.69) is 15.3 Å². The highest BCUT2D eigenvalue weighted by molar-refractivity contribution is 6.11. The molecule has 160 valence electrons. The van der Waals surface area contributed by atoms with Crippen molar-refractivity contribution in [2.75, 3.05) is 5.01 Å². The van der Waals surface area contributed by atoms with Gasteiger partial charge in [0.1, 0.15) is 5.69 Å². The van der Waals surface area contributed by atoms with Crippen LogP contribution in [0.25, 0.3) is 11.1 Å². The molecule has 32 heavy (non-hydrogen) atoms. The van der Waals surface area contributed by atoms with Gasteiger partial charge in [-0.1, -0.05) is 30.3 Å². The van der Waals surface area contributed by atoms with Crippen LogP contribution in [0.1, 0.15) is 21.5 Å². The summed E-state index contributed by atoms with van der Waals surface area (Å²) in [6, 6.07) is 15.8. The predicted molar refractivity (Wildman–Crippen MR) is 121 cm³/mol. The van der Waals surface area contributed by atoms with Crippen LogP contribution in [0.2, 0.25) is 0 Å². The molecule has 0 spiro atoms. The molecule has 0 saturated carbocycles. The molecule has 0 aliphatic carbocycles. The van der Waals surface area contributed by atoms with Crippen LogP contribution in [-0.4, -0.2) is 34.3 Å². The first-order valence-corrected chi connectivity index (χ1v) is 9.87. The Morgan fingerprint density at radius 2 is 1.81 bits per heavy atom. The van der Waals surface area contributed by atoms with Gasteiger partial charge in [0, 0.05) is 5.56 Å². The lowest BCUT2D eigenvalue weighted by molar-refractivity contribution is -0.117. The van der Waals surface area contributed by atoms with E-state index in [-0.39, 0.29) is 22.9 Å². The Morgan fingerprint density at radius 1 is 1.03 bits per heavy atom. The van der Waals surface area contributed by atoms with Crippen LogP contribution >= 0.6 is 0 Å². The first-order chi connectivity index (χ1) is 15.3. The van der Waals surface area contributed by atoms with Crippen LogP contribution in [0, 0.1) is 13.8 Å². The van der Waals surface area contributed by atoms with Crippen LogP contribution in [-0.2, 0) is 4.79 Å². The molecule has 0 fully saturated rings. The van der Waals surface area contributed by atoms with Crippen LogP contribution < -0.4 is 5.01 Å². The Bertz CT molecular complexity index is 1280. The number of aromatic hydroxyl groups is 1. The van der Waals surface area contributed by atoms with Crippen molar-refractivity contribution in [1.29, 1.82) is 0 Å². The number of hydrogen-bond acceptors (Lipinski definition) is 6. The SMILES string of the molecule is Cc1ccc(N2N=CC(N=Nc3cccc(-c4cccc(C(=O)O)c4)c3O)C2=O)cc1C. The molecule has 1 atom stereocenters. The fourth-order valence-corrected chi connectivity index (χ4v) is 3.30. The number of phenolic OH excluding ortho intramolecular Hbond substituents is 1. The summed E-state index contributed by atoms with van der Waals surface area (Å²) in [6.07, 6.45) is 1.40. The number of carboxylic acid groups (broad SMARTS) is 1. The molecule has 0 aromatic heterocycles. The van der Waals surface area contributed by atoms with Crippen LogP contribution in [0.4, 0.5) is 11.4 Å². The van der Waals surface area contributed by atoms with E-state index in [1.807, 2.05) is 32.0 Å². The molecule has 0 bridgehead atoms. The maximum Gasteiger partial charge on any atom is 0.335 e. The van der Waals surface area contributed by atoms with Gasteiger partial charge in [0.25, 0.3) is 5.91 Å². The molecule has 1 amide bonds. The van der Waals surface area contributed by atoms with Gasteiger partial charge in [0.05, 0.1) is 17.5 Å². The van der Waals surface area contributed by atoms with Crippen molar-refractivity contribution in [1.82, 2.24) is 0 Å². The summed E-state index contributed by atoms with van der Waals surface area (Å²) in [4.78, 5) is 24.0. The van der Waals surface area contributed by atoms with Gasteiger partial charge in [-0.05, 0) is 60.9 Å². The van der Waals surface area contributed by atoms with E-state index >= 15 is 0 Å². The highest BCUT2D eigenvalue weighted by Crippen LogP contribution is 2.37. The maximum atomic E-state index is 12.7. The second-order valence-electron chi connectivity index (χ2n) is 7.40. The Hall–Kier alpha value is -4.33. The highest BCUT2D eigenvalue weighted by atomic mass is 16.4. The molecular weight excluding hydrogens is 408 g/mol. The Labute approximate surface area is 184 Å². The zero-order valence-corrected chi connectivity index (χ0v) is 17.4. The Balaban J connectivity index is 1.57. The van der Waals surface area contributed by atoms with E-state index in [0.29, 0.717) is 16.8 Å². The first kappa shape index (κ1) is 20.9. The lowest BCUT2D eigenvalue weighted by atomic mass is 10.0. The van der Waals surface area contributed by atoms with Gasteiger partial charge in [-0.3, -0.25) is 4.79 Å². The number of carbonyl (C=O) groups excluding carboxylic acids is 1. The molecule has 2 N–H and O–H groups in total. The van der Waals surface area contributed by atoms with Crippen LogP contribution in [0.3, 0.4) is 0 Å². The summed E-state index contributed by atoms with van der Waals surface area (Å²) >= 11 is 0. The number of hydrazone groups is 1. The number of azo groups is 1. The summed E-state index contributed by atoms with van der Waals surface area (Å²) in [5.74, 6) is -1.57. The van der Waals surface area contributed by atoms with Crippen molar-refractivity contribution in [2.24, 2.45) is 15.3 Å². The number of benzene rings is 3. The zero-order valence-electron chi connectivity index (χ0n) is 17.4. The monoisotopic (exact) mass is 428 g/mol. The Kier molecular flexibility index (Phi) is 5.51. The second-order valence-corrected chi connectivity index (χ2v) is 7.40. The van der Waals surface area contributed by atoms with Gasteiger partial charge in [-0.25, -0.2) is 4.79 Å². The van der Waals surface area contributed by atoms with Crippen molar-refractivity contribution < 1.29 is 19.8 Å². The van der Waals surface area contributed by atoms with Gasteiger partial charge in [0.2, 0.25) is 0 Å². The number of hydrogen-bond donors (Lipinski definition) is 2. The summed E-state index contributed by atoms with van der Waals surface area (Å²) in [5.41, 5.74) is 4.01. The van der Waals surface area contributed by atoms with Crippen LogP contribution in [0.5, 0.6) is 5.75 Å². The largest absolute Gasteiger partial charge is 0.505 e. The summed E-state index contributed by atoms with van der Waals surface area (Å²) in [7, 11) is 0. The summed E-state index contributed by atoms with van der Waals surface area (Å²) in [6.45, 7) is 3.95. The number of para-hydroxylation sites is 1. The minimum atomic E-state index is -1.06. The van der Waals surface area contributed by atoms with E-state index < -0.39 is 12.0 Å². The smallest absolute Gasteiger partial charge is 0.335 e. The molecule has 8 heteroatoms. The molecule has 8 nitrogen and oxygen atoms in total. The molecule has 1 heterocycles. The van der Waals surface area contributed by atoms with Gasteiger partial charge >= 0.3 is 5.97 Å². The minimum absolute atomic E-state index is 0.105. The first-order valence-electron chi connectivity index (χ1n) is 9.87. The summed E-state index contributed by atoms with van der Waals surface area (Å²) < 4.78 is 0. The van der Waals surface area contributed by atoms with Gasteiger partial charge < -0.3 is 10.2 Å². The molecule has 3 aromatic carbocycles. The fourth-order valence-electron chi connectivity index (χ4n) is 3.30.